The summed E-state index contributed by atoms with van der Waals surface area (Å²) in [7, 11) is -3.62. The molecule has 0 saturated heterocycles. The summed E-state index contributed by atoms with van der Waals surface area (Å²) in [6, 6.07) is 9.56. The number of hydrogen-bond acceptors (Lipinski definition) is 4. The van der Waals surface area contributed by atoms with Crippen LogP contribution in [-0.2, 0) is 26.2 Å². The summed E-state index contributed by atoms with van der Waals surface area (Å²) < 4.78 is 26.4. The molecule has 2 aromatic carbocycles. The Morgan fingerprint density at radius 1 is 1.05 bits per heavy atom. The lowest BCUT2D eigenvalue weighted by Gasteiger charge is -2.30. The standard InChI is InChI=1S/C27H34Cl3N3O4S/c1-18-10-12-21(28)16-25(18)33(38(3,36)37)14-6-9-26(34)32(17-20-11-13-23(29)24(30)15-20)19(2)27(35)31-22-7-4-5-8-22/h10-13,15-16,19,22H,4-9,14,17H2,1-3H3,(H,31,35)/t19-/m0/s1. The van der Waals surface area contributed by atoms with Gasteiger partial charge in [0, 0.05) is 30.6 Å². The molecule has 7 nitrogen and oxygen atoms in total. The number of amides is 2. The van der Waals surface area contributed by atoms with Crippen molar-refractivity contribution < 1.29 is 18.0 Å². The second-order valence-corrected chi connectivity index (χ2v) is 13.0. The first kappa shape index (κ1) is 30.5. The van der Waals surface area contributed by atoms with Gasteiger partial charge < -0.3 is 10.2 Å². The van der Waals surface area contributed by atoms with Crippen LogP contribution in [0, 0.1) is 6.92 Å². The molecular formula is C27H34Cl3N3O4S. The number of hydrogen-bond donors (Lipinski definition) is 1. The number of aryl methyl sites for hydroxylation is 1. The second-order valence-electron chi connectivity index (χ2n) is 9.81. The normalized spacial score (nSPS) is 14.8. The highest BCUT2D eigenvalue weighted by Crippen LogP contribution is 2.27. The van der Waals surface area contributed by atoms with Crippen LogP contribution in [0.5, 0.6) is 0 Å². The van der Waals surface area contributed by atoms with Crippen molar-refractivity contribution in [3.8, 4) is 0 Å². The molecule has 1 aliphatic rings. The second kappa shape index (κ2) is 13.4. The average Bonchev–Trinajstić information content (AvgIpc) is 3.36. The average molecular weight is 603 g/mol. The van der Waals surface area contributed by atoms with Gasteiger partial charge in [-0.25, -0.2) is 8.42 Å². The van der Waals surface area contributed by atoms with Gasteiger partial charge in [0.05, 0.1) is 22.0 Å². The Hall–Kier alpha value is -2.00. The van der Waals surface area contributed by atoms with Crippen LogP contribution in [0.4, 0.5) is 5.69 Å². The maximum Gasteiger partial charge on any atom is 0.242 e. The Morgan fingerprint density at radius 2 is 1.74 bits per heavy atom. The van der Waals surface area contributed by atoms with Crippen LogP contribution in [-0.4, -0.2) is 50.0 Å². The number of nitrogens with zero attached hydrogens (tertiary/aromatic N) is 2. The topological polar surface area (TPSA) is 86.8 Å². The van der Waals surface area contributed by atoms with Crippen LogP contribution in [0.3, 0.4) is 0 Å². The molecule has 0 radical (unpaired) electrons. The Kier molecular flexibility index (Phi) is 10.7. The summed E-state index contributed by atoms with van der Waals surface area (Å²) in [5.41, 5.74) is 1.97. The summed E-state index contributed by atoms with van der Waals surface area (Å²) in [4.78, 5) is 28.1. The van der Waals surface area contributed by atoms with Gasteiger partial charge in [-0.1, -0.05) is 59.8 Å². The van der Waals surface area contributed by atoms with Gasteiger partial charge in [-0.2, -0.15) is 0 Å². The number of benzene rings is 2. The molecule has 2 aromatic rings. The summed E-state index contributed by atoms with van der Waals surface area (Å²) in [6.07, 6.45) is 5.46. The largest absolute Gasteiger partial charge is 0.352 e. The SMILES string of the molecule is Cc1ccc(Cl)cc1N(CCCC(=O)N(Cc1ccc(Cl)c(Cl)c1)[C@@H](C)C(=O)NC1CCCC1)S(C)(=O)=O. The minimum atomic E-state index is -3.62. The van der Waals surface area contributed by atoms with Crippen LogP contribution in [0.15, 0.2) is 36.4 Å². The Balaban J connectivity index is 1.76. The van der Waals surface area contributed by atoms with Crippen LogP contribution < -0.4 is 9.62 Å². The molecule has 0 aliphatic heterocycles. The fraction of sp³-hybridized carbons (Fsp3) is 0.481. The zero-order chi connectivity index (χ0) is 28.0. The van der Waals surface area contributed by atoms with Gasteiger partial charge in [-0.05, 0) is 68.5 Å². The molecule has 1 atom stereocenters. The van der Waals surface area contributed by atoms with Crippen LogP contribution in [0.25, 0.3) is 0 Å². The van der Waals surface area contributed by atoms with Crippen molar-refractivity contribution in [1.82, 2.24) is 10.2 Å². The van der Waals surface area contributed by atoms with Crippen LogP contribution in [0.1, 0.15) is 56.6 Å². The Labute approximate surface area is 240 Å². The van der Waals surface area contributed by atoms with Crippen molar-refractivity contribution in [1.29, 1.82) is 0 Å². The van der Waals surface area contributed by atoms with E-state index in [1.165, 1.54) is 9.21 Å². The molecule has 0 spiro atoms. The smallest absolute Gasteiger partial charge is 0.242 e. The van der Waals surface area contributed by atoms with E-state index in [1.807, 2.05) is 0 Å². The third-order valence-electron chi connectivity index (χ3n) is 6.80. The molecule has 1 aliphatic carbocycles. The predicted molar refractivity (Wildman–Crippen MR) is 154 cm³/mol. The number of rotatable bonds is 11. The zero-order valence-corrected chi connectivity index (χ0v) is 24.9. The number of sulfonamides is 1. The van der Waals surface area contributed by atoms with Crippen LogP contribution in [0.2, 0.25) is 15.1 Å². The molecule has 1 N–H and O–H groups in total. The Bertz CT molecular complexity index is 1270. The van der Waals surface area contributed by atoms with Crippen molar-refractivity contribution in [2.24, 2.45) is 0 Å². The number of carbonyl (C=O) groups excluding carboxylic acids is 2. The van der Waals surface area contributed by atoms with Crippen molar-refractivity contribution in [2.45, 2.75) is 71.0 Å². The molecule has 38 heavy (non-hydrogen) atoms. The highest BCUT2D eigenvalue weighted by molar-refractivity contribution is 7.92. The molecule has 208 valence electrons. The first-order valence-electron chi connectivity index (χ1n) is 12.6. The van der Waals surface area contributed by atoms with Crippen molar-refractivity contribution >= 4 is 62.3 Å². The maximum absolute atomic E-state index is 13.5. The fourth-order valence-electron chi connectivity index (χ4n) is 4.64. The molecule has 0 bridgehead atoms. The molecular weight excluding hydrogens is 569 g/mol. The van der Waals surface area contributed by atoms with Gasteiger partial charge in [0.1, 0.15) is 6.04 Å². The summed E-state index contributed by atoms with van der Waals surface area (Å²) >= 11 is 18.4. The van der Waals surface area contributed by atoms with E-state index in [0.29, 0.717) is 20.8 Å². The summed E-state index contributed by atoms with van der Waals surface area (Å²) in [5.74, 6) is -0.473. The van der Waals surface area contributed by atoms with Crippen molar-refractivity contribution in [3.05, 3.63) is 62.6 Å². The minimum Gasteiger partial charge on any atom is -0.352 e. The van der Waals surface area contributed by atoms with E-state index in [0.717, 1.165) is 43.1 Å². The lowest BCUT2D eigenvalue weighted by atomic mass is 10.1. The lowest BCUT2D eigenvalue weighted by molar-refractivity contribution is -0.141. The van der Waals surface area contributed by atoms with E-state index in [4.69, 9.17) is 34.8 Å². The molecule has 1 saturated carbocycles. The van der Waals surface area contributed by atoms with Crippen molar-refractivity contribution in [2.75, 3.05) is 17.1 Å². The highest BCUT2D eigenvalue weighted by Gasteiger charge is 2.29. The van der Waals surface area contributed by atoms with Gasteiger partial charge in [-0.15, -0.1) is 0 Å². The lowest BCUT2D eigenvalue weighted by Crippen LogP contribution is -2.49. The van der Waals surface area contributed by atoms with Gasteiger partial charge in [-0.3, -0.25) is 13.9 Å². The van der Waals surface area contributed by atoms with E-state index in [2.05, 4.69) is 5.32 Å². The summed E-state index contributed by atoms with van der Waals surface area (Å²) in [6.45, 7) is 3.77. The van der Waals surface area contributed by atoms with Crippen molar-refractivity contribution in [3.63, 3.8) is 0 Å². The maximum atomic E-state index is 13.5. The minimum absolute atomic E-state index is 0.0496. The molecule has 11 heteroatoms. The van der Waals surface area contributed by atoms with Gasteiger partial charge in [0.2, 0.25) is 21.8 Å². The monoisotopic (exact) mass is 601 g/mol. The molecule has 0 heterocycles. The number of carbonyl (C=O) groups is 2. The first-order chi connectivity index (χ1) is 17.9. The van der Waals surface area contributed by atoms with E-state index in [1.54, 1.807) is 50.2 Å². The van der Waals surface area contributed by atoms with E-state index >= 15 is 0 Å². The third-order valence-corrected chi connectivity index (χ3v) is 8.95. The van der Waals surface area contributed by atoms with Gasteiger partial charge in [0.25, 0.3) is 0 Å². The Morgan fingerprint density at radius 3 is 2.37 bits per heavy atom. The molecule has 2 amide bonds. The molecule has 1 fully saturated rings. The number of nitrogens with one attached hydrogen (secondary N) is 1. The zero-order valence-electron chi connectivity index (χ0n) is 21.8. The first-order valence-corrected chi connectivity index (χ1v) is 15.6. The van der Waals surface area contributed by atoms with Crippen LogP contribution >= 0.6 is 34.8 Å². The molecule has 0 aromatic heterocycles. The van der Waals surface area contributed by atoms with Gasteiger partial charge in [0.15, 0.2) is 0 Å². The van der Waals surface area contributed by atoms with E-state index in [9.17, 15) is 18.0 Å². The van der Waals surface area contributed by atoms with Gasteiger partial charge >= 0.3 is 0 Å². The van der Waals surface area contributed by atoms with E-state index in [-0.39, 0.29) is 43.8 Å². The summed E-state index contributed by atoms with van der Waals surface area (Å²) in [5, 5.41) is 4.25. The predicted octanol–water partition coefficient (Wildman–Crippen LogP) is 5.98. The van der Waals surface area contributed by atoms with E-state index < -0.39 is 16.1 Å². The quantitative estimate of drug-likeness (QED) is 0.343. The fourth-order valence-corrected chi connectivity index (χ4v) is 6.14. The molecule has 3 rings (SSSR count). The molecule has 0 unspecified atom stereocenters. The number of halogens is 3. The number of anilines is 1. The third kappa shape index (κ3) is 8.25. The highest BCUT2D eigenvalue weighted by atomic mass is 35.5.